The summed E-state index contributed by atoms with van der Waals surface area (Å²) < 4.78 is 5.22. The van der Waals surface area contributed by atoms with Crippen LogP contribution in [0.2, 0.25) is 0 Å². The number of ether oxygens (including phenoxy) is 1. The molecule has 0 rings (SSSR count). The zero-order valence-corrected chi connectivity index (χ0v) is 18.0. The number of carbonyl (C=O) groups is 3. The van der Waals surface area contributed by atoms with E-state index in [0.29, 0.717) is 12.8 Å². The first-order valence-electron chi connectivity index (χ1n) is 9.71. The van der Waals surface area contributed by atoms with Crippen LogP contribution < -0.4 is 16.0 Å². The number of rotatable bonds is 10. The summed E-state index contributed by atoms with van der Waals surface area (Å²) in [6.45, 7) is 12.5. The van der Waals surface area contributed by atoms with Crippen LogP contribution in [0.3, 0.4) is 0 Å². The van der Waals surface area contributed by atoms with Gasteiger partial charge in [-0.1, -0.05) is 34.1 Å². The van der Waals surface area contributed by atoms with Gasteiger partial charge < -0.3 is 30.9 Å². The predicted molar refractivity (Wildman–Crippen MR) is 106 cm³/mol. The highest BCUT2D eigenvalue weighted by Crippen LogP contribution is 2.12. The number of amides is 3. The van der Waals surface area contributed by atoms with Crippen molar-refractivity contribution < 1.29 is 29.3 Å². The van der Waals surface area contributed by atoms with Crippen molar-refractivity contribution in [3.8, 4) is 0 Å². The maximum Gasteiger partial charge on any atom is 0.407 e. The Kier molecular flexibility index (Phi) is 10.9. The first kappa shape index (κ1) is 26.0. The fourth-order valence-corrected chi connectivity index (χ4v) is 2.49. The molecule has 0 bridgehead atoms. The normalized spacial score (nSPS) is 15.9. The van der Waals surface area contributed by atoms with E-state index in [1.807, 2.05) is 20.8 Å². The van der Waals surface area contributed by atoms with Crippen LogP contribution in [-0.4, -0.2) is 58.6 Å². The lowest BCUT2D eigenvalue weighted by Gasteiger charge is -2.28. The first-order chi connectivity index (χ1) is 12.8. The van der Waals surface area contributed by atoms with Crippen molar-refractivity contribution in [1.82, 2.24) is 16.0 Å². The van der Waals surface area contributed by atoms with E-state index >= 15 is 0 Å². The molecule has 0 saturated heterocycles. The van der Waals surface area contributed by atoms with Gasteiger partial charge in [0, 0.05) is 6.54 Å². The fraction of sp³-hybridized carbons (Fsp3) is 0.842. The van der Waals surface area contributed by atoms with E-state index in [1.54, 1.807) is 27.7 Å². The Morgan fingerprint density at radius 3 is 2.07 bits per heavy atom. The molecular weight excluding hydrogens is 366 g/mol. The van der Waals surface area contributed by atoms with Crippen molar-refractivity contribution in [1.29, 1.82) is 0 Å². The highest BCUT2D eigenvalue weighted by Gasteiger charge is 2.28. The molecule has 0 radical (unpaired) electrons. The Bertz CT molecular complexity index is 518. The van der Waals surface area contributed by atoms with Gasteiger partial charge in [0.05, 0.1) is 12.1 Å². The molecule has 0 aromatic rings. The van der Waals surface area contributed by atoms with Crippen molar-refractivity contribution >= 4 is 18.1 Å². The molecule has 4 atom stereocenters. The van der Waals surface area contributed by atoms with Gasteiger partial charge in [-0.15, -0.1) is 0 Å². The van der Waals surface area contributed by atoms with Crippen molar-refractivity contribution in [2.45, 2.75) is 85.1 Å². The number of alkyl carbamates (subject to hydrolysis) is 1. The zero-order chi connectivity index (χ0) is 22.1. The lowest BCUT2D eigenvalue weighted by atomic mass is 9.99. The Hall–Kier alpha value is -2.03. The number of nitrogens with one attached hydrogen (secondary N) is 3. The minimum Gasteiger partial charge on any atom is -0.480 e. The van der Waals surface area contributed by atoms with Crippen LogP contribution in [0.1, 0.15) is 61.3 Å². The standard InChI is InChI=1S/C19H37N3O6/c1-8-12(4)15(16(24)25)22-17(26)20-10-14(23)13(9-11(2)3)21-18(27)28-19(5,6)7/h11-15,23H,8-10H2,1-7H3,(H,21,27)(H,24,25)(H2,20,22,26)/t12?,13-,14?,15-/m0/s1. The lowest BCUT2D eigenvalue weighted by Crippen LogP contribution is -2.53. The Labute approximate surface area is 167 Å². The molecule has 0 aliphatic heterocycles. The van der Waals surface area contributed by atoms with Gasteiger partial charge in [-0.3, -0.25) is 0 Å². The van der Waals surface area contributed by atoms with Crippen LogP contribution >= 0.6 is 0 Å². The second-order valence-corrected chi connectivity index (χ2v) is 8.51. The number of carboxylic acid groups (broad SMARTS) is 1. The van der Waals surface area contributed by atoms with Gasteiger partial charge in [0.2, 0.25) is 0 Å². The molecule has 0 aromatic carbocycles. The van der Waals surface area contributed by atoms with E-state index in [9.17, 15) is 24.6 Å². The summed E-state index contributed by atoms with van der Waals surface area (Å²) in [6, 6.07) is -2.33. The third-order valence-corrected chi connectivity index (χ3v) is 4.13. The first-order valence-corrected chi connectivity index (χ1v) is 9.71. The molecule has 9 nitrogen and oxygen atoms in total. The number of carboxylic acids is 1. The van der Waals surface area contributed by atoms with Crippen LogP contribution in [0.25, 0.3) is 0 Å². The molecule has 0 spiro atoms. The molecule has 5 N–H and O–H groups in total. The minimum atomic E-state index is -1.12. The van der Waals surface area contributed by atoms with Gasteiger partial charge in [0.25, 0.3) is 0 Å². The second-order valence-electron chi connectivity index (χ2n) is 8.51. The minimum absolute atomic E-state index is 0.147. The molecule has 0 saturated carbocycles. The SMILES string of the molecule is CCC(C)[C@H](NC(=O)NCC(O)[C@H](CC(C)C)NC(=O)OC(C)(C)C)C(=O)O. The van der Waals surface area contributed by atoms with Crippen LogP contribution in [0, 0.1) is 11.8 Å². The maximum atomic E-state index is 12.0. The Balaban J connectivity index is 4.80. The molecule has 164 valence electrons. The van der Waals surface area contributed by atoms with Crippen LogP contribution in [0.4, 0.5) is 9.59 Å². The Morgan fingerprint density at radius 1 is 1.07 bits per heavy atom. The predicted octanol–water partition coefficient (Wildman–Crippen LogP) is 2.09. The van der Waals surface area contributed by atoms with Gasteiger partial charge in [-0.25, -0.2) is 14.4 Å². The summed E-state index contributed by atoms with van der Waals surface area (Å²) in [5.41, 5.74) is -0.669. The summed E-state index contributed by atoms with van der Waals surface area (Å²) in [5.74, 6) is -1.17. The quantitative estimate of drug-likeness (QED) is 0.379. The van der Waals surface area contributed by atoms with E-state index in [4.69, 9.17) is 4.74 Å². The van der Waals surface area contributed by atoms with E-state index in [2.05, 4.69) is 16.0 Å². The van der Waals surface area contributed by atoms with Crippen molar-refractivity contribution in [3.63, 3.8) is 0 Å². The molecular formula is C19H37N3O6. The number of aliphatic hydroxyl groups is 1. The van der Waals surface area contributed by atoms with Crippen molar-refractivity contribution in [2.75, 3.05) is 6.54 Å². The molecule has 3 amide bonds. The molecule has 0 fully saturated rings. The molecule has 0 heterocycles. The van der Waals surface area contributed by atoms with Crippen molar-refractivity contribution in [2.24, 2.45) is 11.8 Å². The number of hydrogen-bond donors (Lipinski definition) is 5. The fourth-order valence-electron chi connectivity index (χ4n) is 2.49. The molecule has 2 unspecified atom stereocenters. The van der Waals surface area contributed by atoms with Gasteiger partial charge >= 0.3 is 18.1 Å². The average Bonchev–Trinajstić information content (AvgIpc) is 2.53. The van der Waals surface area contributed by atoms with Gasteiger partial charge in [-0.2, -0.15) is 0 Å². The van der Waals surface area contributed by atoms with Gasteiger partial charge in [0.1, 0.15) is 11.6 Å². The lowest BCUT2D eigenvalue weighted by molar-refractivity contribution is -0.140. The molecule has 0 aromatic heterocycles. The summed E-state index contributed by atoms with van der Waals surface area (Å²) >= 11 is 0. The second kappa shape index (κ2) is 11.7. The van der Waals surface area contributed by atoms with E-state index in [-0.39, 0.29) is 18.4 Å². The average molecular weight is 404 g/mol. The third-order valence-electron chi connectivity index (χ3n) is 4.13. The summed E-state index contributed by atoms with van der Waals surface area (Å²) in [5, 5.41) is 27.2. The van der Waals surface area contributed by atoms with Crippen LogP contribution in [0.5, 0.6) is 0 Å². The molecule has 0 aliphatic carbocycles. The number of carbonyl (C=O) groups excluding carboxylic acids is 2. The monoisotopic (exact) mass is 403 g/mol. The summed E-state index contributed by atoms with van der Waals surface area (Å²) in [6.07, 6.45) is -0.637. The topological polar surface area (TPSA) is 137 Å². The molecule has 0 aliphatic rings. The third kappa shape index (κ3) is 11.0. The van der Waals surface area contributed by atoms with E-state index in [1.165, 1.54) is 0 Å². The molecule has 9 heteroatoms. The van der Waals surface area contributed by atoms with Gasteiger partial charge in [0.15, 0.2) is 0 Å². The van der Waals surface area contributed by atoms with Crippen LogP contribution in [-0.2, 0) is 9.53 Å². The number of aliphatic hydroxyl groups excluding tert-OH is 1. The number of aliphatic carboxylic acids is 1. The maximum absolute atomic E-state index is 12.0. The van der Waals surface area contributed by atoms with E-state index < -0.39 is 41.9 Å². The molecule has 28 heavy (non-hydrogen) atoms. The smallest absolute Gasteiger partial charge is 0.407 e. The summed E-state index contributed by atoms with van der Waals surface area (Å²) in [7, 11) is 0. The van der Waals surface area contributed by atoms with E-state index in [0.717, 1.165) is 0 Å². The van der Waals surface area contributed by atoms with Crippen molar-refractivity contribution in [3.05, 3.63) is 0 Å². The number of urea groups is 1. The number of hydrogen-bond acceptors (Lipinski definition) is 5. The largest absolute Gasteiger partial charge is 0.480 e. The summed E-state index contributed by atoms with van der Waals surface area (Å²) in [4.78, 5) is 35.3. The highest BCUT2D eigenvalue weighted by atomic mass is 16.6. The zero-order valence-electron chi connectivity index (χ0n) is 18.0. The van der Waals surface area contributed by atoms with Crippen LogP contribution in [0.15, 0.2) is 0 Å². The van der Waals surface area contributed by atoms with Gasteiger partial charge in [-0.05, 0) is 39.0 Å². The highest BCUT2D eigenvalue weighted by molar-refractivity contribution is 5.82. The Morgan fingerprint density at radius 2 is 1.64 bits per heavy atom.